The number of halogens is 1. The number of aromatic nitrogens is 4. The predicted molar refractivity (Wildman–Crippen MR) is 93.5 cm³/mol. The van der Waals surface area contributed by atoms with E-state index in [0.29, 0.717) is 21.7 Å². The quantitative estimate of drug-likeness (QED) is 0.393. The smallest absolute Gasteiger partial charge is 0.265 e. The lowest BCUT2D eigenvalue weighted by Gasteiger charge is -2.00. The zero-order chi connectivity index (χ0) is 16.5. The second kappa shape index (κ2) is 5.78. The number of H-pyrrole nitrogens is 1. The number of hydrogen-bond acceptors (Lipinski definition) is 6. The average Bonchev–Trinajstić information content (AvgIpc) is 2.96. The molecule has 0 aliphatic rings. The molecule has 118 valence electrons. The molecule has 4 aromatic rings. The summed E-state index contributed by atoms with van der Waals surface area (Å²) in [6.07, 6.45) is 1.43. The number of aromatic hydroxyl groups is 1. The first kappa shape index (κ1) is 14.4. The summed E-state index contributed by atoms with van der Waals surface area (Å²) in [6.45, 7) is 0. The number of nitrogens with one attached hydrogen (secondary N) is 2. The molecule has 8 heteroatoms. The first-order valence-electron chi connectivity index (χ1n) is 7.09. The number of para-hydroxylation sites is 1. The maximum absolute atomic E-state index is 9.73. The van der Waals surface area contributed by atoms with Crippen molar-refractivity contribution in [2.75, 3.05) is 5.43 Å². The Bertz CT molecular complexity index is 1070. The molecular formula is C16H11ClN6O. The largest absolute Gasteiger partial charge is 0.507 e. The van der Waals surface area contributed by atoms with Crippen LogP contribution in [0.1, 0.15) is 5.56 Å². The number of anilines is 1. The summed E-state index contributed by atoms with van der Waals surface area (Å²) in [4.78, 5) is 7.52. The lowest BCUT2D eigenvalue weighted by molar-refractivity contribution is 0.474. The van der Waals surface area contributed by atoms with Gasteiger partial charge in [0, 0.05) is 21.5 Å². The molecule has 2 heterocycles. The van der Waals surface area contributed by atoms with Crippen LogP contribution in [0.2, 0.25) is 5.02 Å². The number of aromatic amines is 1. The van der Waals surface area contributed by atoms with E-state index in [2.05, 4.69) is 30.7 Å². The van der Waals surface area contributed by atoms with Crippen molar-refractivity contribution >= 4 is 45.8 Å². The minimum Gasteiger partial charge on any atom is -0.507 e. The van der Waals surface area contributed by atoms with Crippen LogP contribution in [0.5, 0.6) is 5.75 Å². The fourth-order valence-corrected chi connectivity index (χ4v) is 2.54. The van der Waals surface area contributed by atoms with E-state index in [1.54, 1.807) is 12.1 Å². The van der Waals surface area contributed by atoms with Crippen molar-refractivity contribution in [3.63, 3.8) is 0 Å². The molecule has 2 aromatic heterocycles. The zero-order valence-corrected chi connectivity index (χ0v) is 13.0. The van der Waals surface area contributed by atoms with E-state index in [1.807, 2.05) is 24.3 Å². The monoisotopic (exact) mass is 338 g/mol. The van der Waals surface area contributed by atoms with Gasteiger partial charge in [-0.05, 0) is 24.3 Å². The maximum atomic E-state index is 9.73. The maximum Gasteiger partial charge on any atom is 0.265 e. The van der Waals surface area contributed by atoms with Gasteiger partial charge in [-0.1, -0.05) is 29.8 Å². The van der Waals surface area contributed by atoms with E-state index < -0.39 is 0 Å². The second-order valence-electron chi connectivity index (χ2n) is 5.08. The molecule has 0 unspecified atom stereocenters. The highest BCUT2D eigenvalue weighted by Crippen LogP contribution is 2.22. The third-order valence-electron chi connectivity index (χ3n) is 3.48. The van der Waals surface area contributed by atoms with Gasteiger partial charge in [0.05, 0.1) is 6.21 Å². The molecular weight excluding hydrogens is 328 g/mol. The van der Waals surface area contributed by atoms with Crippen LogP contribution in [0.15, 0.2) is 47.6 Å². The van der Waals surface area contributed by atoms with Crippen molar-refractivity contribution in [1.29, 1.82) is 0 Å². The number of benzene rings is 2. The van der Waals surface area contributed by atoms with Crippen molar-refractivity contribution in [1.82, 2.24) is 20.2 Å². The number of phenols is 1. The number of phenolic OH excluding ortho intramolecular Hbond substituents is 1. The zero-order valence-electron chi connectivity index (χ0n) is 12.2. The Labute approximate surface area is 141 Å². The molecule has 0 amide bonds. The molecule has 7 nitrogen and oxygen atoms in total. The highest BCUT2D eigenvalue weighted by Gasteiger charge is 2.08. The molecule has 0 atom stereocenters. The average molecular weight is 339 g/mol. The van der Waals surface area contributed by atoms with Gasteiger partial charge in [0.2, 0.25) is 0 Å². The van der Waals surface area contributed by atoms with E-state index in [9.17, 15) is 5.11 Å². The number of fused-ring (bicyclic) bond motifs is 3. The van der Waals surface area contributed by atoms with E-state index >= 15 is 0 Å². The van der Waals surface area contributed by atoms with E-state index in [1.165, 1.54) is 12.3 Å². The van der Waals surface area contributed by atoms with Crippen molar-refractivity contribution in [2.24, 2.45) is 5.10 Å². The van der Waals surface area contributed by atoms with Crippen molar-refractivity contribution in [3.8, 4) is 5.75 Å². The number of nitrogens with zero attached hydrogens (tertiary/aromatic N) is 4. The highest BCUT2D eigenvalue weighted by molar-refractivity contribution is 6.30. The molecule has 0 spiro atoms. The summed E-state index contributed by atoms with van der Waals surface area (Å²) in [5, 5.41) is 23.4. The van der Waals surface area contributed by atoms with Crippen molar-refractivity contribution < 1.29 is 5.11 Å². The Morgan fingerprint density at radius 3 is 2.96 bits per heavy atom. The molecule has 0 aliphatic heterocycles. The SMILES string of the molecule is Oc1ccc(Cl)cc1/C=N\Nc1nnc2c(n1)[nH]c1ccccc12. The first-order valence-corrected chi connectivity index (χ1v) is 7.47. The van der Waals surface area contributed by atoms with E-state index in [0.717, 1.165) is 10.9 Å². The Kier molecular flexibility index (Phi) is 3.47. The number of hydrogen-bond donors (Lipinski definition) is 3. The highest BCUT2D eigenvalue weighted by atomic mass is 35.5. The molecule has 0 fully saturated rings. The van der Waals surface area contributed by atoms with Gasteiger partial charge in [0.25, 0.3) is 5.95 Å². The Morgan fingerprint density at radius 1 is 1.17 bits per heavy atom. The van der Waals surface area contributed by atoms with Crippen molar-refractivity contribution in [3.05, 3.63) is 53.1 Å². The molecule has 0 saturated carbocycles. The molecule has 0 saturated heterocycles. The van der Waals surface area contributed by atoms with Gasteiger partial charge in [0.1, 0.15) is 11.3 Å². The summed E-state index contributed by atoms with van der Waals surface area (Å²) in [6, 6.07) is 12.5. The topological polar surface area (TPSA) is 99.1 Å². The fraction of sp³-hybridized carbons (Fsp3) is 0. The molecule has 3 N–H and O–H groups in total. The van der Waals surface area contributed by atoms with Crippen LogP contribution < -0.4 is 5.43 Å². The van der Waals surface area contributed by atoms with Crippen LogP contribution in [0, 0.1) is 0 Å². The Morgan fingerprint density at radius 2 is 2.04 bits per heavy atom. The third kappa shape index (κ3) is 2.61. The lowest BCUT2D eigenvalue weighted by atomic mass is 10.2. The van der Waals surface area contributed by atoms with Gasteiger partial charge in [-0.15, -0.1) is 10.2 Å². The minimum atomic E-state index is 0.0788. The van der Waals surface area contributed by atoms with Crippen LogP contribution in [0.25, 0.3) is 22.1 Å². The van der Waals surface area contributed by atoms with Crippen LogP contribution in [-0.2, 0) is 0 Å². The second-order valence-corrected chi connectivity index (χ2v) is 5.51. The van der Waals surface area contributed by atoms with Crippen LogP contribution in [0.4, 0.5) is 5.95 Å². The van der Waals surface area contributed by atoms with Gasteiger partial charge in [-0.25, -0.2) is 5.43 Å². The normalized spacial score (nSPS) is 11.5. The summed E-state index contributed by atoms with van der Waals surface area (Å²) in [5.74, 6) is 0.321. The van der Waals surface area contributed by atoms with Crippen LogP contribution in [-0.4, -0.2) is 31.5 Å². The fourth-order valence-electron chi connectivity index (χ4n) is 2.36. The summed E-state index contributed by atoms with van der Waals surface area (Å²) >= 11 is 5.88. The summed E-state index contributed by atoms with van der Waals surface area (Å²) < 4.78 is 0. The summed E-state index contributed by atoms with van der Waals surface area (Å²) in [7, 11) is 0. The molecule has 24 heavy (non-hydrogen) atoms. The molecule has 2 aromatic carbocycles. The van der Waals surface area contributed by atoms with Gasteiger partial charge in [0.15, 0.2) is 5.65 Å². The minimum absolute atomic E-state index is 0.0788. The van der Waals surface area contributed by atoms with Crippen LogP contribution in [0.3, 0.4) is 0 Å². The number of rotatable bonds is 3. The Balaban J connectivity index is 1.61. The van der Waals surface area contributed by atoms with Crippen LogP contribution >= 0.6 is 11.6 Å². The number of hydrazone groups is 1. The van der Waals surface area contributed by atoms with E-state index in [4.69, 9.17) is 11.6 Å². The van der Waals surface area contributed by atoms with Gasteiger partial charge >= 0.3 is 0 Å². The standard InChI is InChI=1S/C16H11ClN6O/c17-10-5-6-13(24)9(7-10)8-18-22-16-20-15-14(21-23-16)11-3-1-2-4-12(11)19-15/h1-8,24H,(H2,19,20,22,23)/b18-8-. The molecule has 4 rings (SSSR count). The van der Waals surface area contributed by atoms with Gasteiger partial charge in [-0.2, -0.15) is 10.1 Å². The van der Waals surface area contributed by atoms with Crippen molar-refractivity contribution in [2.45, 2.75) is 0 Å². The molecule has 0 radical (unpaired) electrons. The Hall–Kier alpha value is -3.19. The van der Waals surface area contributed by atoms with E-state index in [-0.39, 0.29) is 11.7 Å². The molecule has 0 bridgehead atoms. The first-order chi connectivity index (χ1) is 11.7. The van der Waals surface area contributed by atoms with Gasteiger partial charge < -0.3 is 10.1 Å². The lowest BCUT2D eigenvalue weighted by Crippen LogP contribution is -1.99. The molecule has 0 aliphatic carbocycles. The third-order valence-corrected chi connectivity index (χ3v) is 3.71. The van der Waals surface area contributed by atoms with Gasteiger partial charge in [-0.3, -0.25) is 0 Å². The predicted octanol–water partition coefficient (Wildman–Crippen LogP) is 3.31. The summed E-state index contributed by atoms with van der Waals surface area (Å²) in [5.41, 5.74) is 5.43.